The van der Waals surface area contributed by atoms with Gasteiger partial charge < -0.3 is 20.3 Å². The second-order valence-corrected chi connectivity index (χ2v) is 6.15. The highest BCUT2D eigenvalue weighted by atomic mass is 35.5. The molecule has 0 fully saturated rings. The molecule has 0 amide bonds. The summed E-state index contributed by atoms with van der Waals surface area (Å²) in [6.45, 7) is 5.42. The van der Waals surface area contributed by atoms with Gasteiger partial charge in [-0.05, 0) is 30.0 Å². The molecule has 5 heteroatoms. The molecule has 0 spiro atoms. The van der Waals surface area contributed by atoms with Crippen LogP contribution < -0.4 is 5.32 Å². The van der Waals surface area contributed by atoms with Crippen LogP contribution in [0.15, 0.2) is 24.3 Å². The molecule has 1 rings (SSSR count). The fourth-order valence-electron chi connectivity index (χ4n) is 2.05. The lowest BCUT2D eigenvalue weighted by atomic mass is 10.0. The second-order valence-electron chi connectivity index (χ2n) is 5.71. The van der Waals surface area contributed by atoms with Gasteiger partial charge in [0.1, 0.15) is 0 Å². The largest absolute Gasteiger partial charge is 0.395 e. The minimum absolute atomic E-state index is 0.0240. The van der Waals surface area contributed by atoms with E-state index in [0.29, 0.717) is 24.1 Å². The van der Waals surface area contributed by atoms with Gasteiger partial charge in [-0.15, -0.1) is 0 Å². The molecule has 0 saturated carbocycles. The van der Waals surface area contributed by atoms with Gasteiger partial charge in [0, 0.05) is 17.6 Å². The Labute approximate surface area is 132 Å². The van der Waals surface area contributed by atoms with Gasteiger partial charge in [0.15, 0.2) is 0 Å². The number of halogens is 1. The van der Waals surface area contributed by atoms with Crippen molar-refractivity contribution in [3.8, 4) is 0 Å². The molecule has 0 aliphatic carbocycles. The molecule has 0 bridgehead atoms. The fraction of sp³-hybridized carbons (Fsp3) is 0.625. The third kappa shape index (κ3) is 8.39. The molecule has 0 aromatic heterocycles. The van der Waals surface area contributed by atoms with Crippen molar-refractivity contribution >= 4 is 11.6 Å². The van der Waals surface area contributed by atoms with E-state index in [1.807, 2.05) is 24.3 Å². The summed E-state index contributed by atoms with van der Waals surface area (Å²) in [7, 11) is 0. The first-order valence-electron chi connectivity index (χ1n) is 7.35. The van der Waals surface area contributed by atoms with Crippen molar-refractivity contribution in [2.75, 3.05) is 19.8 Å². The predicted molar refractivity (Wildman–Crippen MR) is 85.4 cm³/mol. The Morgan fingerprint density at radius 3 is 2.48 bits per heavy atom. The minimum Gasteiger partial charge on any atom is -0.395 e. The fourth-order valence-corrected chi connectivity index (χ4v) is 2.17. The van der Waals surface area contributed by atoms with E-state index in [9.17, 15) is 10.2 Å². The van der Waals surface area contributed by atoms with Gasteiger partial charge in [-0.2, -0.15) is 0 Å². The van der Waals surface area contributed by atoms with Crippen LogP contribution in [0.2, 0.25) is 5.02 Å². The van der Waals surface area contributed by atoms with Crippen molar-refractivity contribution < 1.29 is 14.9 Å². The van der Waals surface area contributed by atoms with Crippen molar-refractivity contribution in [2.45, 2.75) is 39.0 Å². The summed E-state index contributed by atoms with van der Waals surface area (Å²) in [5.41, 5.74) is 1.02. The first-order valence-corrected chi connectivity index (χ1v) is 7.73. The molecule has 0 saturated heterocycles. The predicted octanol–water partition coefficient (Wildman–Crippen LogP) is 2.21. The number of ether oxygens (including phenoxy) is 1. The van der Waals surface area contributed by atoms with E-state index < -0.39 is 6.10 Å². The maximum Gasteiger partial charge on any atom is 0.0897 e. The number of aliphatic hydroxyl groups excluding tert-OH is 2. The molecule has 4 nitrogen and oxygen atoms in total. The zero-order chi connectivity index (χ0) is 15.7. The average molecular weight is 316 g/mol. The summed E-state index contributed by atoms with van der Waals surface area (Å²) in [4.78, 5) is 0. The van der Waals surface area contributed by atoms with Crippen LogP contribution in [0.4, 0.5) is 0 Å². The third-order valence-corrected chi connectivity index (χ3v) is 3.36. The lowest BCUT2D eigenvalue weighted by molar-refractivity contribution is 0.0261. The highest BCUT2D eigenvalue weighted by molar-refractivity contribution is 6.30. The number of nitrogens with one attached hydrogen (secondary N) is 1. The molecule has 0 aliphatic heterocycles. The number of aliphatic hydroxyl groups is 2. The van der Waals surface area contributed by atoms with E-state index in [-0.39, 0.29) is 19.3 Å². The van der Waals surface area contributed by atoms with E-state index in [0.717, 1.165) is 12.0 Å². The minimum atomic E-state index is -0.585. The van der Waals surface area contributed by atoms with Crippen LogP contribution in [0, 0.1) is 5.92 Å². The molecule has 21 heavy (non-hydrogen) atoms. The first kappa shape index (κ1) is 18.4. The molecule has 0 radical (unpaired) electrons. The molecular weight excluding hydrogens is 290 g/mol. The topological polar surface area (TPSA) is 61.7 Å². The number of benzene rings is 1. The van der Waals surface area contributed by atoms with Gasteiger partial charge in [-0.25, -0.2) is 0 Å². The number of hydrogen-bond donors (Lipinski definition) is 3. The molecular formula is C16H26ClNO3. The monoisotopic (exact) mass is 315 g/mol. The molecule has 0 heterocycles. The molecule has 3 N–H and O–H groups in total. The average Bonchev–Trinajstić information content (AvgIpc) is 2.45. The molecule has 2 unspecified atom stereocenters. The van der Waals surface area contributed by atoms with Crippen LogP contribution in [0.25, 0.3) is 0 Å². The third-order valence-electron chi connectivity index (χ3n) is 3.11. The van der Waals surface area contributed by atoms with E-state index in [2.05, 4.69) is 19.2 Å². The van der Waals surface area contributed by atoms with Crippen molar-refractivity contribution in [2.24, 2.45) is 5.92 Å². The van der Waals surface area contributed by atoms with Gasteiger partial charge in [0.25, 0.3) is 0 Å². The van der Waals surface area contributed by atoms with Crippen LogP contribution in [-0.2, 0) is 11.3 Å². The zero-order valence-corrected chi connectivity index (χ0v) is 13.5. The maximum absolute atomic E-state index is 9.86. The first-order chi connectivity index (χ1) is 10.0. The molecule has 120 valence electrons. The van der Waals surface area contributed by atoms with E-state index in [1.165, 1.54) is 0 Å². The Bertz CT molecular complexity index is 384. The van der Waals surface area contributed by atoms with Gasteiger partial charge in [-0.3, -0.25) is 0 Å². The zero-order valence-electron chi connectivity index (χ0n) is 12.8. The van der Waals surface area contributed by atoms with Crippen molar-refractivity contribution in [1.82, 2.24) is 5.32 Å². The Balaban J connectivity index is 2.18. The molecule has 1 aromatic carbocycles. The SMILES string of the molecule is CC(C)CC(CO)NCC(O)COCc1ccc(Cl)cc1. The van der Waals surface area contributed by atoms with Crippen LogP contribution in [0.1, 0.15) is 25.8 Å². The normalized spacial score (nSPS) is 14.4. The van der Waals surface area contributed by atoms with Crippen molar-refractivity contribution in [3.63, 3.8) is 0 Å². The van der Waals surface area contributed by atoms with E-state index >= 15 is 0 Å². The van der Waals surface area contributed by atoms with E-state index in [1.54, 1.807) is 0 Å². The standard InChI is InChI=1S/C16H26ClNO3/c1-12(2)7-15(9-19)18-8-16(20)11-21-10-13-3-5-14(17)6-4-13/h3-6,12,15-16,18-20H,7-11H2,1-2H3. The summed E-state index contributed by atoms with van der Waals surface area (Å²) in [5, 5.41) is 23.0. The lowest BCUT2D eigenvalue weighted by Crippen LogP contribution is -2.40. The summed E-state index contributed by atoms with van der Waals surface area (Å²) >= 11 is 5.81. The summed E-state index contributed by atoms with van der Waals surface area (Å²) in [6, 6.07) is 7.46. The van der Waals surface area contributed by atoms with Gasteiger partial charge >= 0.3 is 0 Å². The second kappa shape index (κ2) is 10.1. The van der Waals surface area contributed by atoms with Crippen LogP contribution >= 0.6 is 11.6 Å². The molecule has 0 aliphatic rings. The molecule has 2 atom stereocenters. The Morgan fingerprint density at radius 1 is 1.24 bits per heavy atom. The Hall–Kier alpha value is -0.650. The maximum atomic E-state index is 9.86. The quantitative estimate of drug-likeness (QED) is 0.619. The summed E-state index contributed by atoms with van der Waals surface area (Å²) in [6.07, 6.45) is 0.299. The highest BCUT2D eigenvalue weighted by Gasteiger charge is 2.12. The van der Waals surface area contributed by atoms with Crippen molar-refractivity contribution in [3.05, 3.63) is 34.9 Å². The lowest BCUT2D eigenvalue weighted by Gasteiger charge is -2.20. The van der Waals surface area contributed by atoms with Crippen LogP contribution in [-0.4, -0.2) is 42.1 Å². The highest BCUT2D eigenvalue weighted by Crippen LogP contribution is 2.10. The summed E-state index contributed by atoms with van der Waals surface area (Å²) < 4.78 is 5.47. The van der Waals surface area contributed by atoms with Gasteiger partial charge in [0.2, 0.25) is 0 Å². The van der Waals surface area contributed by atoms with Crippen molar-refractivity contribution in [1.29, 1.82) is 0 Å². The smallest absolute Gasteiger partial charge is 0.0897 e. The Morgan fingerprint density at radius 2 is 1.90 bits per heavy atom. The number of rotatable bonds is 10. The number of hydrogen-bond acceptors (Lipinski definition) is 4. The van der Waals surface area contributed by atoms with Crippen LogP contribution in [0.3, 0.4) is 0 Å². The Kier molecular flexibility index (Phi) is 8.88. The van der Waals surface area contributed by atoms with Gasteiger partial charge in [-0.1, -0.05) is 37.6 Å². The molecule has 1 aromatic rings. The van der Waals surface area contributed by atoms with E-state index in [4.69, 9.17) is 16.3 Å². The van der Waals surface area contributed by atoms with Crippen LogP contribution in [0.5, 0.6) is 0 Å². The van der Waals surface area contributed by atoms with Gasteiger partial charge in [0.05, 0.1) is 25.9 Å². The summed E-state index contributed by atoms with van der Waals surface area (Å²) in [5.74, 6) is 0.507.